The van der Waals surface area contributed by atoms with Gasteiger partial charge in [0.15, 0.2) is 5.75 Å². The predicted octanol–water partition coefficient (Wildman–Crippen LogP) is 6.35. The molecule has 2 aromatic rings. The van der Waals surface area contributed by atoms with E-state index in [0.717, 1.165) is 31.2 Å². The zero-order valence-corrected chi connectivity index (χ0v) is 15.9. The van der Waals surface area contributed by atoms with Crippen molar-refractivity contribution in [3.05, 3.63) is 63.6 Å². The van der Waals surface area contributed by atoms with Crippen molar-refractivity contribution in [1.82, 2.24) is 0 Å². The summed E-state index contributed by atoms with van der Waals surface area (Å²) in [6.45, 7) is 4.13. The van der Waals surface area contributed by atoms with Crippen molar-refractivity contribution in [1.29, 1.82) is 0 Å². The van der Waals surface area contributed by atoms with E-state index in [0.29, 0.717) is 0 Å². The van der Waals surface area contributed by atoms with Gasteiger partial charge in [-0.2, -0.15) is 0 Å². The van der Waals surface area contributed by atoms with Crippen LogP contribution in [0.3, 0.4) is 0 Å². The standard InChI is InChI=1S/C20H22Cl2O3/c1-3-10-20(11-4-2,15-8-6-5-7-9-15)25-19(24)14-12-16(21)18(23)17(22)13-14/h5-9,12-13,23H,3-4,10-11H2,1-2H3. The lowest BCUT2D eigenvalue weighted by Gasteiger charge is -2.34. The molecule has 0 aliphatic rings. The van der Waals surface area contributed by atoms with E-state index in [2.05, 4.69) is 13.8 Å². The predicted molar refractivity (Wildman–Crippen MR) is 101 cm³/mol. The summed E-state index contributed by atoms with van der Waals surface area (Å²) in [5.74, 6) is -0.745. The summed E-state index contributed by atoms with van der Waals surface area (Å²) >= 11 is 11.9. The Morgan fingerprint density at radius 2 is 1.56 bits per heavy atom. The van der Waals surface area contributed by atoms with Crippen LogP contribution in [-0.2, 0) is 10.3 Å². The van der Waals surface area contributed by atoms with E-state index in [-0.39, 0.29) is 21.4 Å². The quantitative estimate of drug-likeness (QED) is 0.569. The summed E-state index contributed by atoms with van der Waals surface area (Å²) in [5.41, 5.74) is 0.502. The maximum atomic E-state index is 12.8. The van der Waals surface area contributed by atoms with Gasteiger partial charge in [0.25, 0.3) is 0 Å². The highest BCUT2D eigenvalue weighted by atomic mass is 35.5. The summed E-state index contributed by atoms with van der Waals surface area (Å²) in [6.07, 6.45) is 3.19. The van der Waals surface area contributed by atoms with Crippen molar-refractivity contribution in [3.63, 3.8) is 0 Å². The largest absolute Gasteiger partial charge is 0.505 e. The first-order chi connectivity index (χ1) is 11.9. The van der Waals surface area contributed by atoms with Gasteiger partial charge in [-0.15, -0.1) is 0 Å². The normalized spacial score (nSPS) is 11.4. The van der Waals surface area contributed by atoms with Crippen molar-refractivity contribution in [3.8, 4) is 5.75 Å². The molecule has 25 heavy (non-hydrogen) atoms. The molecule has 0 aliphatic heterocycles. The Labute approximate surface area is 158 Å². The zero-order valence-electron chi connectivity index (χ0n) is 14.4. The number of hydrogen-bond acceptors (Lipinski definition) is 3. The van der Waals surface area contributed by atoms with Gasteiger partial charge in [-0.3, -0.25) is 0 Å². The lowest BCUT2D eigenvalue weighted by molar-refractivity contribution is -0.0321. The summed E-state index contributed by atoms with van der Waals surface area (Å²) in [6, 6.07) is 12.5. The number of carbonyl (C=O) groups excluding carboxylic acids is 1. The number of halogens is 2. The van der Waals surface area contributed by atoms with Crippen molar-refractivity contribution in [2.75, 3.05) is 0 Å². The minimum Gasteiger partial charge on any atom is -0.505 e. The Morgan fingerprint density at radius 1 is 1.04 bits per heavy atom. The van der Waals surface area contributed by atoms with Crippen molar-refractivity contribution in [2.45, 2.75) is 45.1 Å². The highest BCUT2D eigenvalue weighted by molar-refractivity contribution is 6.37. The summed E-state index contributed by atoms with van der Waals surface area (Å²) in [4.78, 5) is 12.8. The second-order valence-corrected chi connectivity index (χ2v) is 6.85. The van der Waals surface area contributed by atoms with Gasteiger partial charge in [0.05, 0.1) is 15.6 Å². The fraction of sp³-hybridized carbons (Fsp3) is 0.350. The highest BCUT2D eigenvalue weighted by Crippen LogP contribution is 2.38. The lowest BCUT2D eigenvalue weighted by Crippen LogP contribution is -2.32. The third kappa shape index (κ3) is 4.47. The Bertz CT molecular complexity index is 700. The van der Waals surface area contributed by atoms with Crippen molar-refractivity contribution >= 4 is 29.2 Å². The first kappa shape index (κ1) is 19.6. The molecule has 0 saturated carbocycles. The number of aromatic hydroxyl groups is 1. The molecule has 0 fully saturated rings. The summed E-state index contributed by atoms with van der Waals surface area (Å²) < 4.78 is 6.00. The number of phenolic OH excluding ortho intramolecular Hbond substituents is 1. The monoisotopic (exact) mass is 380 g/mol. The van der Waals surface area contributed by atoms with E-state index < -0.39 is 11.6 Å². The van der Waals surface area contributed by atoms with Gasteiger partial charge in [-0.05, 0) is 30.5 Å². The smallest absolute Gasteiger partial charge is 0.339 e. The highest BCUT2D eigenvalue weighted by Gasteiger charge is 2.35. The fourth-order valence-corrected chi connectivity index (χ4v) is 3.53. The molecule has 0 bridgehead atoms. The fourth-order valence-electron chi connectivity index (χ4n) is 3.04. The maximum Gasteiger partial charge on any atom is 0.339 e. The second kappa shape index (κ2) is 8.59. The number of rotatable bonds is 7. The molecule has 3 nitrogen and oxygen atoms in total. The average Bonchev–Trinajstić information content (AvgIpc) is 2.60. The molecule has 0 unspecified atom stereocenters. The van der Waals surface area contributed by atoms with E-state index >= 15 is 0 Å². The minimum absolute atomic E-state index is 0.0238. The van der Waals surface area contributed by atoms with Crippen molar-refractivity contribution < 1.29 is 14.6 Å². The SMILES string of the molecule is CCCC(CCC)(OC(=O)c1cc(Cl)c(O)c(Cl)c1)c1ccccc1. The minimum atomic E-state index is -0.696. The first-order valence-corrected chi connectivity index (χ1v) is 9.16. The number of benzene rings is 2. The van der Waals surface area contributed by atoms with Gasteiger partial charge >= 0.3 is 5.97 Å². The third-order valence-electron chi connectivity index (χ3n) is 4.15. The van der Waals surface area contributed by atoms with Gasteiger partial charge in [-0.25, -0.2) is 4.79 Å². The molecule has 5 heteroatoms. The Hall–Kier alpha value is -1.71. The van der Waals surface area contributed by atoms with Gasteiger partial charge in [0.1, 0.15) is 5.60 Å². The van der Waals surface area contributed by atoms with Crippen LogP contribution in [0, 0.1) is 0 Å². The van der Waals surface area contributed by atoms with E-state index in [1.54, 1.807) is 0 Å². The molecule has 134 valence electrons. The van der Waals surface area contributed by atoms with Crippen LogP contribution >= 0.6 is 23.2 Å². The molecular weight excluding hydrogens is 359 g/mol. The van der Waals surface area contributed by atoms with Crippen molar-refractivity contribution in [2.24, 2.45) is 0 Å². The van der Waals surface area contributed by atoms with Crippen LogP contribution in [0.5, 0.6) is 5.75 Å². The topological polar surface area (TPSA) is 46.5 Å². The molecule has 2 rings (SSSR count). The zero-order chi connectivity index (χ0) is 18.4. The Morgan fingerprint density at radius 3 is 2.04 bits per heavy atom. The van der Waals surface area contributed by atoms with Crippen LogP contribution in [0.4, 0.5) is 0 Å². The van der Waals surface area contributed by atoms with E-state index in [9.17, 15) is 9.90 Å². The second-order valence-electron chi connectivity index (χ2n) is 6.04. The molecule has 1 N–H and O–H groups in total. The van der Waals surface area contributed by atoms with Crippen LogP contribution < -0.4 is 0 Å². The van der Waals surface area contributed by atoms with Crippen LogP contribution in [-0.4, -0.2) is 11.1 Å². The van der Waals surface area contributed by atoms with Crippen LogP contribution in [0.25, 0.3) is 0 Å². The average molecular weight is 381 g/mol. The number of hydrogen-bond donors (Lipinski definition) is 1. The Kier molecular flexibility index (Phi) is 6.74. The van der Waals surface area contributed by atoms with Gasteiger partial charge in [0.2, 0.25) is 0 Å². The molecule has 0 amide bonds. The first-order valence-electron chi connectivity index (χ1n) is 8.40. The Balaban J connectivity index is 2.41. The van der Waals surface area contributed by atoms with E-state index in [1.165, 1.54) is 12.1 Å². The summed E-state index contributed by atoms with van der Waals surface area (Å²) in [5, 5.41) is 9.72. The maximum absolute atomic E-state index is 12.8. The number of carbonyl (C=O) groups is 1. The third-order valence-corrected chi connectivity index (χ3v) is 4.72. The number of ether oxygens (including phenoxy) is 1. The molecule has 0 aromatic heterocycles. The molecule has 0 heterocycles. The molecule has 0 aliphatic carbocycles. The van der Waals surface area contributed by atoms with E-state index in [1.807, 2.05) is 30.3 Å². The van der Waals surface area contributed by atoms with Crippen LogP contribution in [0.15, 0.2) is 42.5 Å². The number of phenols is 1. The van der Waals surface area contributed by atoms with Gasteiger partial charge in [0, 0.05) is 0 Å². The molecule has 0 spiro atoms. The van der Waals surface area contributed by atoms with Crippen LogP contribution in [0.1, 0.15) is 55.5 Å². The van der Waals surface area contributed by atoms with E-state index in [4.69, 9.17) is 27.9 Å². The lowest BCUT2D eigenvalue weighted by atomic mass is 9.85. The molecule has 0 radical (unpaired) electrons. The number of esters is 1. The molecular formula is C20H22Cl2O3. The molecule has 0 atom stereocenters. The van der Waals surface area contributed by atoms with Gasteiger partial charge < -0.3 is 9.84 Å². The summed E-state index contributed by atoms with van der Waals surface area (Å²) in [7, 11) is 0. The molecule has 2 aromatic carbocycles. The van der Waals surface area contributed by atoms with Crippen LogP contribution in [0.2, 0.25) is 10.0 Å². The molecule has 0 saturated heterocycles. The van der Waals surface area contributed by atoms with Gasteiger partial charge in [-0.1, -0.05) is 80.2 Å².